The smallest absolute Gasteiger partial charge is 0.242 e. The third-order valence-corrected chi connectivity index (χ3v) is 5.24. The average Bonchev–Trinajstić information content (AvgIpc) is 3.02. The molecule has 2 aromatic heterocycles. The number of sulfonamides is 1. The molecule has 0 aliphatic rings. The van der Waals surface area contributed by atoms with Crippen LogP contribution < -0.4 is 4.72 Å². The number of aryl methyl sites for hydroxylation is 1. The molecule has 0 saturated carbocycles. The van der Waals surface area contributed by atoms with Crippen molar-refractivity contribution in [3.63, 3.8) is 0 Å². The third-order valence-electron chi connectivity index (χ3n) is 3.05. The second-order valence-corrected chi connectivity index (χ2v) is 7.84. The van der Waals surface area contributed by atoms with Gasteiger partial charge in [0.1, 0.15) is 0 Å². The summed E-state index contributed by atoms with van der Waals surface area (Å²) in [6.45, 7) is 5.70. The summed E-state index contributed by atoms with van der Waals surface area (Å²) < 4.78 is 28.9. The van der Waals surface area contributed by atoms with E-state index >= 15 is 0 Å². The number of aliphatic hydroxyl groups excluding tert-OH is 1. The zero-order valence-corrected chi connectivity index (χ0v) is 13.8. The van der Waals surface area contributed by atoms with Gasteiger partial charge in [0.25, 0.3) is 0 Å². The van der Waals surface area contributed by atoms with Gasteiger partial charge < -0.3 is 9.67 Å². The van der Waals surface area contributed by atoms with Crippen LogP contribution in [0.4, 0.5) is 0 Å². The van der Waals surface area contributed by atoms with Gasteiger partial charge in [0.2, 0.25) is 10.0 Å². The second kappa shape index (κ2) is 6.27. The van der Waals surface area contributed by atoms with E-state index in [2.05, 4.69) is 9.71 Å². The fraction of sp³-hybridized carbons (Fsp3) is 0.462. The second-order valence-electron chi connectivity index (χ2n) is 5.01. The highest BCUT2D eigenvalue weighted by Crippen LogP contribution is 2.19. The largest absolute Gasteiger partial charge is 0.390 e. The molecule has 0 atom stereocenters. The van der Waals surface area contributed by atoms with Crippen molar-refractivity contribution in [2.24, 2.45) is 0 Å². The molecule has 0 spiro atoms. The average molecular weight is 329 g/mol. The van der Waals surface area contributed by atoms with Gasteiger partial charge in [-0.15, -0.1) is 11.3 Å². The molecule has 2 rings (SSSR count). The molecule has 2 aromatic rings. The lowest BCUT2D eigenvalue weighted by molar-refractivity contribution is 0.268. The lowest BCUT2D eigenvalue weighted by atomic mass is 10.3. The maximum Gasteiger partial charge on any atom is 0.242 e. The molecule has 0 aliphatic heterocycles. The zero-order chi connectivity index (χ0) is 15.6. The monoisotopic (exact) mass is 329 g/mol. The maximum atomic E-state index is 12.3. The molecule has 8 heteroatoms. The standard InChI is InChI=1S/C13H19N3O3S2/c1-9(2)16-6-13(4-12(16)7-17)21(18,19)14-5-11-8-20-10(3)15-11/h4,6,8-9,14,17H,5,7H2,1-3H3. The maximum absolute atomic E-state index is 12.3. The minimum atomic E-state index is -3.61. The summed E-state index contributed by atoms with van der Waals surface area (Å²) in [5.74, 6) is 0. The van der Waals surface area contributed by atoms with E-state index in [1.807, 2.05) is 26.2 Å². The van der Waals surface area contributed by atoms with E-state index in [1.54, 1.807) is 10.8 Å². The molecule has 2 heterocycles. The van der Waals surface area contributed by atoms with E-state index in [4.69, 9.17) is 0 Å². The Labute approximate surface area is 128 Å². The first-order chi connectivity index (χ1) is 9.83. The number of nitrogens with zero attached hydrogens (tertiary/aromatic N) is 2. The molecule has 0 aromatic carbocycles. The highest BCUT2D eigenvalue weighted by Gasteiger charge is 2.19. The predicted molar refractivity (Wildman–Crippen MR) is 81.6 cm³/mol. The van der Waals surface area contributed by atoms with Crippen LogP contribution in [-0.2, 0) is 23.2 Å². The van der Waals surface area contributed by atoms with Crippen LogP contribution in [0.25, 0.3) is 0 Å². The molecule has 2 N–H and O–H groups in total. The Kier molecular flexibility index (Phi) is 4.82. The van der Waals surface area contributed by atoms with E-state index < -0.39 is 10.0 Å². The van der Waals surface area contributed by atoms with Gasteiger partial charge in [0.05, 0.1) is 28.7 Å². The summed E-state index contributed by atoms with van der Waals surface area (Å²) in [6.07, 6.45) is 1.55. The van der Waals surface area contributed by atoms with Crippen LogP contribution in [0.2, 0.25) is 0 Å². The number of thiazole rings is 1. The Balaban J connectivity index is 2.19. The van der Waals surface area contributed by atoms with Crippen LogP contribution in [0.3, 0.4) is 0 Å². The van der Waals surface area contributed by atoms with Gasteiger partial charge in [-0.2, -0.15) is 0 Å². The quantitative estimate of drug-likeness (QED) is 0.846. The van der Waals surface area contributed by atoms with Gasteiger partial charge in [0, 0.05) is 23.3 Å². The van der Waals surface area contributed by atoms with Crippen LogP contribution in [0.1, 0.15) is 36.3 Å². The van der Waals surface area contributed by atoms with E-state index in [-0.39, 0.29) is 24.1 Å². The molecule has 116 valence electrons. The first-order valence-electron chi connectivity index (χ1n) is 6.55. The number of aliphatic hydroxyl groups is 1. The van der Waals surface area contributed by atoms with Gasteiger partial charge in [-0.3, -0.25) is 0 Å². The lowest BCUT2D eigenvalue weighted by Gasteiger charge is -2.10. The Hall–Kier alpha value is -1.22. The minimum absolute atomic E-state index is 0.0808. The van der Waals surface area contributed by atoms with Crippen LogP contribution in [0.5, 0.6) is 0 Å². The van der Waals surface area contributed by atoms with Crippen molar-refractivity contribution >= 4 is 21.4 Å². The van der Waals surface area contributed by atoms with Crippen molar-refractivity contribution in [2.75, 3.05) is 0 Å². The SMILES string of the molecule is Cc1nc(CNS(=O)(=O)c2cc(CO)n(C(C)C)c2)cs1. The fourth-order valence-corrected chi connectivity index (χ4v) is 3.65. The summed E-state index contributed by atoms with van der Waals surface area (Å²) in [5.41, 5.74) is 1.28. The minimum Gasteiger partial charge on any atom is -0.390 e. The summed E-state index contributed by atoms with van der Waals surface area (Å²) in [5, 5.41) is 12.0. The summed E-state index contributed by atoms with van der Waals surface area (Å²) in [7, 11) is -3.61. The highest BCUT2D eigenvalue weighted by atomic mass is 32.2. The third kappa shape index (κ3) is 3.70. The zero-order valence-electron chi connectivity index (χ0n) is 12.2. The number of hydrogen-bond acceptors (Lipinski definition) is 5. The highest BCUT2D eigenvalue weighted by molar-refractivity contribution is 7.89. The fourth-order valence-electron chi connectivity index (χ4n) is 1.99. The number of rotatable bonds is 6. The van der Waals surface area contributed by atoms with Crippen LogP contribution in [-0.4, -0.2) is 23.1 Å². The number of hydrogen-bond donors (Lipinski definition) is 2. The Morgan fingerprint density at radius 2 is 2.19 bits per heavy atom. The molecule has 6 nitrogen and oxygen atoms in total. The molecule has 0 saturated heterocycles. The van der Waals surface area contributed by atoms with Gasteiger partial charge in [-0.1, -0.05) is 0 Å². The summed E-state index contributed by atoms with van der Waals surface area (Å²) in [4.78, 5) is 4.38. The normalized spacial score (nSPS) is 12.2. The van der Waals surface area contributed by atoms with Crippen molar-refractivity contribution in [1.29, 1.82) is 0 Å². The van der Waals surface area contributed by atoms with E-state index in [1.165, 1.54) is 17.4 Å². The number of aromatic nitrogens is 2. The summed E-state index contributed by atoms with van der Waals surface area (Å²) in [6, 6.07) is 1.58. The van der Waals surface area contributed by atoms with E-state index in [0.717, 1.165) is 5.01 Å². The number of nitrogens with one attached hydrogen (secondary N) is 1. The van der Waals surface area contributed by atoms with Crippen molar-refractivity contribution in [3.05, 3.63) is 34.0 Å². The van der Waals surface area contributed by atoms with Crippen molar-refractivity contribution in [2.45, 2.75) is 44.9 Å². The van der Waals surface area contributed by atoms with Crippen molar-refractivity contribution < 1.29 is 13.5 Å². The van der Waals surface area contributed by atoms with Crippen molar-refractivity contribution in [1.82, 2.24) is 14.3 Å². The summed E-state index contributed by atoms with van der Waals surface area (Å²) >= 11 is 1.48. The Morgan fingerprint density at radius 1 is 1.48 bits per heavy atom. The Morgan fingerprint density at radius 3 is 2.67 bits per heavy atom. The van der Waals surface area contributed by atoms with Crippen LogP contribution in [0, 0.1) is 6.92 Å². The molecule has 0 aliphatic carbocycles. The van der Waals surface area contributed by atoms with E-state index in [9.17, 15) is 13.5 Å². The molecular formula is C13H19N3O3S2. The van der Waals surface area contributed by atoms with Gasteiger partial charge in [0.15, 0.2) is 0 Å². The van der Waals surface area contributed by atoms with Gasteiger partial charge in [-0.05, 0) is 26.8 Å². The molecule has 0 unspecified atom stereocenters. The van der Waals surface area contributed by atoms with Gasteiger partial charge in [-0.25, -0.2) is 18.1 Å². The molecule has 0 amide bonds. The van der Waals surface area contributed by atoms with Crippen LogP contribution >= 0.6 is 11.3 Å². The molecule has 0 radical (unpaired) electrons. The predicted octanol–water partition coefficient (Wildman–Crippen LogP) is 1.80. The molecule has 0 bridgehead atoms. The molecule has 21 heavy (non-hydrogen) atoms. The van der Waals surface area contributed by atoms with E-state index in [0.29, 0.717) is 11.4 Å². The first kappa shape index (κ1) is 16.2. The lowest BCUT2D eigenvalue weighted by Crippen LogP contribution is -2.23. The topological polar surface area (TPSA) is 84.2 Å². The first-order valence-corrected chi connectivity index (χ1v) is 8.92. The van der Waals surface area contributed by atoms with Crippen LogP contribution in [0.15, 0.2) is 22.5 Å². The Bertz CT molecular complexity index is 717. The molecule has 0 fully saturated rings. The van der Waals surface area contributed by atoms with Crippen molar-refractivity contribution in [3.8, 4) is 0 Å². The van der Waals surface area contributed by atoms with Gasteiger partial charge >= 0.3 is 0 Å². The molecular weight excluding hydrogens is 310 g/mol.